The minimum absolute atomic E-state index is 0.0904. The summed E-state index contributed by atoms with van der Waals surface area (Å²) in [7, 11) is 0. The molecule has 0 spiro atoms. The number of nitrogens with one attached hydrogen (secondary N) is 1. The Kier molecular flexibility index (Phi) is 3.82. The van der Waals surface area contributed by atoms with Crippen LogP contribution in [0.1, 0.15) is 39.0 Å². The van der Waals surface area contributed by atoms with Crippen LogP contribution in [0.25, 0.3) is 0 Å². The van der Waals surface area contributed by atoms with Crippen LogP contribution in [-0.4, -0.2) is 37.4 Å². The highest BCUT2D eigenvalue weighted by Gasteiger charge is 2.43. The number of carbonyl (C=O) groups excluding carboxylic acids is 1. The van der Waals surface area contributed by atoms with Crippen LogP contribution < -0.4 is 5.32 Å². The summed E-state index contributed by atoms with van der Waals surface area (Å²) in [5.41, 5.74) is -0.478. The second kappa shape index (κ2) is 5.15. The average molecular weight is 227 g/mol. The summed E-state index contributed by atoms with van der Waals surface area (Å²) < 4.78 is 10.6. The van der Waals surface area contributed by atoms with E-state index in [1.165, 1.54) is 12.8 Å². The maximum Gasteiger partial charge on any atom is 0.326 e. The third-order valence-corrected chi connectivity index (χ3v) is 3.29. The molecule has 1 unspecified atom stereocenters. The first-order chi connectivity index (χ1) is 7.77. The van der Waals surface area contributed by atoms with Gasteiger partial charge in [0.15, 0.2) is 0 Å². The van der Waals surface area contributed by atoms with Crippen LogP contribution in [0.4, 0.5) is 0 Å². The molecule has 1 saturated heterocycles. The highest BCUT2D eigenvalue weighted by molar-refractivity contribution is 5.81. The third-order valence-electron chi connectivity index (χ3n) is 3.29. The van der Waals surface area contributed by atoms with Crippen molar-refractivity contribution in [3.8, 4) is 0 Å². The minimum atomic E-state index is -0.478. The summed E-state index contributed by atoms with van der Waals surface area (Å²) in [6.45, 7) is 3.72. The molecule has 1 heterocycles. The van der Waals surface area contributed by atoms with Crippen molar-refractivity contribution in [2.24, 2.45) is 0 Å². The van der Waals surface area contributed by atoms with E-state index in [1.54, 1.807) is 0 Å². The summed E-state index contributed by atoms with van der Waals surface area (Å²) in [5, 5.41) is 3.48. The molecule has 0 aromatic carbocycles. The van der Waals surface area contributed by atoms with E-state index < -0.39 is 5.54 Å². The highest BCUT2D eigenvalue weighted by atomic mass is 16.5. The summed E-state index contributed by atoms with van der Waals surface area (Å²) >= 11 is 0. The average Bonchev–Trinajstić information content (AvgIpc) is 3.07. The van der Waals surface area contributed by atoms with E-state index in [0.29, 0.717) is 19.3 Å². The molecule has 2 fully saturated rings. The Hall–Kier alpha value is -0.610. The molecule has 1 aliphatic carbocycles. The van der Waals surface area contributed by atoms with E-state index in [2.05, 4.69) is 5.32 Å². The van der Waals surface area contributed by atoms with Gasteiger partial charge in [0.2, 0.25) is 0 Å². The van der Waals surface area contributed by atoms with Gasteiger partial charge in [0, 0.05) is 19.3 Å². The van der Waals surface area contributed by atoms with Crippen LogP contribution in [0.2, 0.25) is 0 Å². The van der Waals surface area contributed by atoms with Crippen molar-refractivity contribution in [3.63, 3.8) is 0 Å². The first-order valence-corrected chi connectivity index (χ1v) is 6.29. The summed E-state index contributed by atoms with van der Waals surface area (Å²) in [4.78, 5) is 12.1. The zero-order valence-corrected chi connectivity index (χ0v) is 9.96. The second-order valence-corrected chi connectivity index (χ2v) is 4.69. The topological polar surface area (TPSA) is 47.6 Å². The van der Waals surface area contributed by atoms with Gasteiger partial charge in [-0.2, -0.15) is 0 Å². The fraction of sp³-hybridized carbons (Fsp3) is 0.917. The quantitative estimate of drug-likeness (QED) is 0.734. The molecule has 1 saturated carbocycles. The zero-order valence-electron chi connectivity index (χ0n) is 9.96. The van der Waals surface area contributed by atoms with E-state index in [0.717, 1.165) is 25.9 Å². The van der Waals surface area contributed by atoms with E-state index >= 15 is 0 Å². The molecular formula is C12H21NO3. The van der Waals surface area contributed by atoms with Gasteiger partial charge in [-0.3, -0.25) is 10.1 Å². The molecule has 92 valence electrons. The molecule has 4 nitrogen and oxygen atoms in total. The number of carbonyl (C=O) groups is 1. The number of hydrogen-bond acceptors (Lipinski definition) is 4. The van der Waals surface area contributed by atoms with E-state index in [9.17, 15) is 4.79 Å². The predicted molar refractivity (Wildman–Crippen MR) is 60.2 cm³/mol. The molecule has 1 aliphatic heterocycles. The predicted octanol–water partition coefficient (Wildman–Crippen LogP) is 1.24. The maximum atomic E-state index is 12.1. The van der Waals surface area contributed by atoms with Crippen molar-refractivity contribution in [1.82, 2.24) is 5.32 Å². The Bertz CT molecular complexity index is 243. The molecule has 0 aromatic rings. The molecule has 0 radical (unpaired) electrons. The van der Waals surface area contributed by atoms with Gasteiger partial charge in [0.25, 0.3) is 0 Å². The summed E-state index contributed by atoms with van der Waals surface area (Å²) in [5.74, 6) is -0.0904. The van der Waals surface area contributed by atoms with Gasteiger partial charge in [-0.25, -0.2) is 0 Å². The lowest BCUT2D eigenvalue weighted by Crippen LogP contribution is -2.54. The minimum Gasteiger partial charge on any atom is -0.465 e. The molecule has 1 atom stereocenters. The molecule has 16 heavy (non-hydrogen) atoms. The van der Waals surface area contributed by atoms with Gasteiger partial charge in [0.1, 0.15) is 5.54 Å². The Morgan fingerprint density at radius 2 is 2.25 bits per heavy atom. The number of hydrogen-bond donors (Lipinski definition) is 1. The smallest absolute Gasteiger partial charge is 0.326 e. The highest BCUT2D eigenvalue weighted by Crippen LogP contribution is 2.29. The maximum absolute atomic E-state index is 12.1. The van der Waals surface area contributed by atoms with Crippen LogP contribution in [0, 0.1) is 0 Å². The van der Waals surface area contributed by atoms with E-state index in [1.807, 2.05) is 6.92 Å². The molecule has 0 amide bonds. The Morgan fingerprint density at radius 1 is 1.44 bits per heavy atom. The number of rotatable bonds is 4. The normalized spacial score (nSPS) is 30.8. The molecule has 4 heteroatoms. The van der Waals surface area contributed by atoms with Crippen LogP contribution in [-0.2, 0) is 14.3 Å². The Morgan fingerprint density at radius 3 is 2.94 bits per heavy atom. The van der Waals surface area contributed by atoms with Crippen molar-refractivity contribution in [3.05, 3.63) is 0 Å². The largest absolute Gasteiger partial charge is 0.465 e. The van der Waals surface area contributed by atoms with Crippen molar-refractivity contribution < 1.29 is 14.3 Å². The van der Waals surface area contributed by atoms with Gasteiger partial charge >= 0.3 is 5.97 Å². The second-order valence-electron chi connectivity index (χ2n) is 4.69. The lowest BCUT2D eigenvalue weighted by Gasteiger charge is -2.31. The lowest BCUT2D eigenvalue weighted by atomic mass is 9.90. The molecule has 0 aromatic heterocycles. The van der Waals surface area contributed by atoms with Crippen LogP contribution in [0.3, 0.4) is 0 Å². The van der Waals surface area contributed by atoms with Gasteiger partial charge in [-0.15, -0.1) is 0 Å². The first-order valence-electron chi connectivity index (χ1n) is 6.29. The van der Waals surface area contributed by atoms with Gasteiger partial charge in [-0.05, 0) is 39.0 Å². The summed E-state index contributed by atoms with van der Waals surface area (Å²) in [6.07, 6.45) is 4.87. The Labute approximate surface area is 96.7 Å². The van der Waals surface area contributed by atoms with Crippen molar-refractivity contribution in [2.75, 3.05) is 19.8 Å². The van der Waals surface area contributed by atoms with Crippen molar-refractivity contribution in [2.45, 2.75) is 50.6 Å². The zero-order chi connectivity index (χ0) is 11.4. The standard InChI is InChI=1S/C12H21NO3/c1-2-16-11(14)12(13-10-4-5-10)6-3-8-15-9-7-12/h10,13H,2-9H2,1H3. The first kappa shape index (κ1) is 11.9. The molecule has 1 N–H and O–H groups in total. The number of ether oxygens (including phenoxy) is 2. The van der Waals surface area contributed by atoms with E-state index in [4.69, 9.17) is 9.47 Å². The molecule has 0 bridgehead atoms. The molecular weight excluding hydrogens is 206 g/mol. The van der Waals surface area contributed by atoms with E-state index in [-0.39, 0.29) is 5.97 Å². The molecule has 2 rings (SSSR count). The fourth-order valence-electron chi connectivity index (χ4n) is 2.24. The van der Waals surface area contributed by atoms with Gasteiger partial charge < -0.3 is 9.47 Å². The van der Waals surface area contributed by atoms with Crippen molar-refractivity contribution >= 4 is 5.97 Å². The van der Waals surface area contributed by atoms with Crippen LogP contribution >= 0.6 is 0 Å². The Balaban J connectivity index is 2.04. The molecule has 2 aliphatic rings. The third kappa shape index (κ3) is 2.74. The summed E-state index contributed by atoms with van der Waals surface area (Å²) in [6, 6.07) is 0.516. The van der Waals surface area contributed by atoms with Crippen LogP contribution in [0.15, 0.2) is 0 Å². The van der Waals surface area contributed by atoms with Gasteiger partial charge in [-0.1, -0.05) is 0 Å². The van der Waals surface area contributed by atoms with Gasteiger partial charge in [0.05, 0.1) is 6.61 Å². The SMILES string of the molecule is CCOC(=O)C1(NC2CC2)CCCOCC1. The van der Waals surface area contributed by atoms with Crippen molar-refractivity contribution in [1.29, 1.82) is 0 Å². The monoisotopic (exact) mass is 227 g/mol. The fourth-order valence-corrected chi connectivity index (χ4v) is 2.24. The lowest BCUT2D eigenvalue weighted by molar-refractivity contribution is -0.152. The number of esters is 1. The van der Waals surface area contributed by atoms with Crippen LogP contribution in [0.5, 0.6) is 0 Å².